The molecule has 0 bridgehead atoms. The van der Waals surface area contributed by atoms with Crippen LogP contribution in [0.4, 0.5) is 0 Å². The zero-order valence-electron chi connectivity index (χ0n) is 9.58. The highest BCUT2D eigenvalue weighted by atomic mass is 16.3. The second kappa shape index (κ2) is 4.31. The minimum atomic E-state index is -0.566. The molecule has 19 heavy (non-hydrogen) atoms. The first kappa shape index (κ1) is 11.0. The molecule has 0 atom stereocenters. The van der Waals surface area contributed by atoms with Crippen LogP contribution >= 0.6 is 0 Å². The molecule has 0 unspecified atom stereocenters. The quantitative estimate of drug-likeness (QED) is 0.754. The highest BCUT2D eigenvalue weighted by Gasteiger charge is 2.20. The van der Waals surface area contributed by atoms with Crippen LogP contribution in [0.1, 0.15) is 5.56 Å². The van der Waals surface area contributed by atoms with Gasteiger partial charge in [-0.2, -0.15) is 10.4 Å². The lowest BCUT2D eigenvalue weighted by Crippen LogP contribution is -2.14. The summed E-state index contributed by atoms with van der Waals surface area (Å²) >= 11 is 0. The Kier molecular flexibility index (Phi) is 2.50. The number of hydrogen-bond acceptors (Lipinski definition) is 5. The molecule has 0 spiro atoms. The minimum Gasteiger partial charge on any atom is -0.464 e. The third-order valence-corrected chi connectivity index (χ3v) is 2.62. The molecule has 1 N–H and O–H groups in total. The van der Waals surface area contributed by atoms with E-state index in [1.54, 1.807) is 24.3 Å². The van der Waals surface area contributed by atoms with Gasteiger partial charge in [-0.15, -0.1) is 0 Å². The number of aromatic amines is 1. The van der Waals surface area contributed by atoms with Gasteiger partial charge in [0.2, 0.25) is 0 Å². The van der Waals surface area contributed by atoms with Gasteiger partial charge in [-0.3, -0.25) is 4.79 Å². The van der Waals surface area contributed by atoms with E-state index in [0.29, 0.717) is 22.8 Å². The number of rotatable bonds is 2. The van der Waals surface area contributed by atoms with Crippen LogP contribution in [-0.4, -0.2) is 10.2 Å². The van der Waals surface area contributed by atoms with Crippen LogP contribution in [0.3, 0.4) is 0 Å². The molecule has 3 aromatic heterocycles. The van der Waals surface area contributed by atoms with Gasteiger partial charge in [-0.25, -0.2) is 5.10 Å². The van der Waals surface area contributed by atoms with Crippen molar-refractivity contribution >= 4 is 0 Å². The zero-order chi connectivity index (χ0) is 13.2. The van der Waals surface area contributed by atoms with Crippen molar-refractivity contribution in [3.8, 4) is 28.8 Å². The third kappa shape index (κ3) is 1.73. The average Bonchev–Trinajstić information content (AvgIpc) is 3.11. The fraction of sp³-hybridized carbons (Fsp3) is 0. The molecule has 0 amide bonds. The number of aromatic nitrogens is 2. The van der Waals surface area contributed by atoms with Gasteiger partial charge in [0.15, 0.2) is 5.76 Å². The largest absolute Gasteiger partial charge is 0.464 e. The minimum absolute atomic E-state index is 0.0589. The topological polar surface area (TPSA) is 95.8 Å². The predicted molar refractivity (Wildman–Crippen MR) is 65.0 cm³/mol. The number of nitrogens with zero attached hydrogens (tertiary/aromatic N) is 2. The van der Waals surface area contributed by atoms with Crippen LogP contribution in [-0.2, 0) is 0 Å². The average molecular weight is 253 g/mol. The van der Waals surface area contributed by atoms with Gasteiger partial charge in [0.05, 0.1) is 18.1 Å². The van der Waals surface area contributed by atoms with Gasteiger partial charge in [0.1, 0.15) is 23.1 Å². The molecule has 6 heteroatoms. The van der Waals surface area contributed by atoms with E-state index in [4.69, 9.17) is 14.1 Å². The second-order valence-corrected chi connectivity index (χ2v) is 3.72. The number of hydrogen-bond donors (Lipinski definition) is 1. The molecule has 6 nitrogen and oxygen atoms in total. The Labute approximate surface area is 106 Å². The molecule has 0 aliphatic rings. The Morgan fingerprint density at radius 3 is 2.42 bits per heavy atom. The Bertz CT molecular complexity index is 793. The second-order valence-electron chi connectivity index (χ2n) is 3.72. The van der Waals surface area contributed by atoms with Crippen molar-refractivity contribution < 1.29 is 8.83 Å². The van der Waals surface area contributed by atoms with E-state index in [2.05, 4.69) is 10.2 Å². The summed E-state index contributed by atoms with van der Waals surface area (Å²) in [5.41, 5.74) is 0.0582. The number of furan rings is 2. The summed E-state index contributed by atoms with van der Waals surface area (Å²) in [6, 6.07) is 8.58. The van der Waals surface area contributed by atoms with Crippen molar-refractivity contribution in [2.45, 2.75) is 0 Å². The monoisotopic (exact) mass is 253 g/mol. The van der Waals surface area contributed by atoms with Crippen LogP contribution in [0.2, 0.25) is 0 Å². The first-order valence-electron chi connectivity index (χ1n) is 5.42. The molecular weight excluding hydrogens is 246 g/mol. The Morgan fingerprint density at radius 2 is 1.84 bits per heavy atom. The summed E-state index contributed by atoms with van der Waals surface area (Å²) < 4.78 is 10.5. The van der Waals surface area contributed by atoms with Crippen molar-refractivity contribution in [3.63, 3.8) is 0 Å². The summed E-state index contributed by atoms with van der Waals surface area (Å²) in [7, 11) is 0. The summed E-state index contributed by atoms with van der Waals surface area (Å²) in [6.45, 7) is 0. The molecule has 0 aromatic carbocycles. The summed E-state index contributed by atoms with van der Waals surface area (Å²) in [4.78, 5) is 11.7. The van der Waals surface area contributed by atoms with E-state index in [9.17, 15) is 4.79 Å². The van der Waals surface area contributed by atoms with Crippen LogP contribution < -0.4 is 5.56 Å². The van der Waals surface area contributed by atoms with Crippen molar-refractivity contribution in [2.75, 3.05) is 0 Å². The fourth-order valence-corrected chi connectivity index (χ4v) is 1.81. The maximum atomic E-state index is 11.7. The molecule has 0 aliphatic heterocycles. The highest BCUT2D eigenvalue weighted by Crippen LogP contribution is 2.31. The molecule has 0 aliphatic carbocycles. The Balaban J connectivity index is 2.39. The molecule has 3 rings (SSSR count). The van der Waals surface area contributed by atoms with Gasteiger partial charge in [0.25, 0.3) is 5.56 Å². The van der Waals surface area contributed by atoms with Gasteiger partial charge in [-0.1, -0.05) is 0 Å². The normalized spacial score (nSPS) is 10.3. The summed E-state index contributed by atoms with van der Waals surface area (Å²) in [5.74, 6) is 0.834. The Morgan fingerprint density at radius 1 is 1.16 bits per heavy atom. The fourth-order valence-electron chi connectivity index (χ4n) is 1.81. The van der Waals surface area contributed by atoms with E-state index < -0.39 is 5.56 Å². The predicted octanol–water partition coefficient (Wildman–Crippen LogP) is 2.16. The molecule has 3 aromatic rings. The maximum absolute atomic E-state index is 11.7. The lowest BCUT2D eigenvalue weighted by molar-refractivity contribution is 0.572. The molecule has 0 saturated carbocycles. The molecule has 0 saturated heterocycles. The summed E-state index contributed by atoms with van der Waals surface area (Å²) in [6.07, 6.45) is 2.95. The highest BCUT2D eigenvalue weighted by molar-refractivity contribution is 5.79. The maximum Gasteiger partial charge on any atom is 0.282 e. The van der Waals surface area contributed by atoms with E-state index in [1.807, 2.05) is 6.07 Å². The van der Waals surface area contributed by atoms with E-state index in [1.165, 1.54) is 12.5 Å². The zero-order valence-corrected chi connectivity index (χ0v) is 9.58. The molecule has 0 fully saturated rings. The van der Waals surface area contributed by atoms with E-state index in [0.717, 1.165) is 0 Å². The smallest absolute Gasteiger partial charge is 0.282 e. The summed E-state index contributed by atoms with van der Waals surface area (Å²) in [5, 5.41) is 15.4. The van der Waals surface area contributed by atoms with Gasteiger partial charge in [0, 0.05) is 0 Å². The number of nitrogens with one attached hydrogen (secondary N) is 1. The van der Waals surface area contributed by atoms with Crippen molar-refractivity contribution in [1.82, 2.24) is 10.2 Å². The van der Waals surface area contributed by atoms with Crippen LogP contribution in [0, 0.1) is 11.3 Å². The number of nitriles is 1. The first-order chi connectivity index (χ1) is 9.31. The lowest BCUT2D eigenvalue weighted by Gasteiger charge is -2.04. The van der Waals surface area contributed by atoms with Crippen molar-refractivity contribution in [1.29, 1.82) is 5.26 Å². The van der Waals surface area contributed by atoms with Crippen LogP contribution in [0.5, 0.6) is 0 Å². The van der Waals surface area contributed by atoms with E-state index >= 15 is 0 Å². The molecular formula is C13H7N3O3. The van der Waals surface area contributed by atoms with E-state index in [-0.39, 0.29) is 5.56 Å². The third-order valence-electron chi connectivity index (χ3n) is 2.62. The first-order valence-corrected chi connectivity index (χ1v) is 5.42. The van der Waals surface area contributed by atoms with Gasteiger partial charge in [-0.05, 0) is 24.3 Å². The van der Waals surface area contributed by atoms with Crippen LogP contribution in [0.15, 0.2) is 50.4 Å². The SMILES string of the molecule is N#Cc1c(-c2ccco2)c(-c2ccco2)n[nH]c1=O. The molecule has 0 radical (unpaired) electrons. The lowest BCUT2D eigenvalue weighted by atomic mass is 10.0. The van der Waals surface area contributed by atoms with Gasteiger partial charge >= 0.3 is 0 Å². The Hall–Kier alpha value is -3.07. The van der Waals surface area contributed by atoms with Crippen molar-refractivity contribution in [2.24, 2.45) is 0 Å². The standard InChI is InChI=1S/C13H7N3O3/c14-7-8-11(9-3-1-5-18-9)12(15-16-13(8)17)10-4-2-6-19-10/h1-6H,(H,16,17). The van der Waals surface area contributed by atoms with Crippen molar-refractivity contribution in [3.05, 3.63) is 52.7 Å². The van der Waals surface area contributed by atoms with Crippen LogP contribution in [0.25, 0.3) is 22.8 Å². The molecule has 92 valence electrons. The van der Waals surface area contributed by atoms with Gasteiger partial charge < -0.3 is 8.83 Å². The number of H-pyrrole nitrogens is 1. The molecule has 3 heterocycles.